The van der Waals surface area contributed by atoms with E-state index in [2.05, 4.69) is 0 Å². The van der Waals surface area contributed by atoms with E-state index in [4.69, 9.17) is 91.6 Å². The second-order valence-corrected chi connectivity index (χ2v) is 81.0. The van der Waals surface area contributed by atoms with Gasteiger partial charge in [0.25, 0.3) is 0 Å². The number of hydrogen-bond acceptors (Lipinski definition) is 40. The quantitative estimate of drug-likeness (QED) is 0.0123. The Morgan fingerprint density at radius 3 is 0.471 bits per heavy atom. The van der Waals surface area contributed by atoms with Crippen LogP contribution in [0.4, 0.5) is 0 Å². The van der Waals surface area contributed by atoms with Gasteiger partial charge < -0.3 is 143 Å². The van der Waals surface area contributed by atoms with Crippen molar-refractivity contribution in [2.24, 2.45) is 53.3 Å². The van der Waals surface area contributed by atoms with Gasteiger partial charge in [-0.25, -0.2) is 0 Å². The first-order chi connectivity index (χ1) is 66.0. The number of ether oxygens (including phenoxy) is 10. The fourth-order valence-electron chi connectivity index (χ4n) is 15.4. The van der Waals surface area contributed by atoms with Gasteiger partial charge in [0.05, 0.1) is 182 Å². The average molecular weight is 2190 g/mol. The van der Waals surface area contributed by atoms with Crippen molar-refractivity contribution >= 4 is 143 Å². The molecule has 0 aromatic heterocycles. The maximum Gasteiger partial charge on any atom is 0.308 e. The van der Waals surface area contributed by atoms with Crippen molar-refractivity contribution in [2.45, 2.75) is 261 Å². The number of aliphatic hydroxyl groups excluding tert-OH is 10. The van der Waals surface area contributed by atoms with E-state index in [9.17, 15) is 65.4 Å². The van der Waals surface area contributed by atoms with Crippen LogP contribution in [0.5, 0.6) is 0 Å². The summed E-state index contributed by atoms with van der Waals surface area (Å²) >= 11 is 0. The molecule has 0 aliphatic carbocycles. The monoisotopic (exact) mass is 2180 g/mol. The van der Waals surface area contributed by atoms with Gasteiger partial charge in [0.1, 0.15) is 0 Å². The minimum absolute atomic E-state index is 0.0824. The molecule has 0 aromatic carbocycles. The van der Waals surface area contributed by atoms with E-state index in [0.717, 1.165) is 0 Å². The zero-order valence-corrected chi connectivity index (χ0v) is 98.3. The van der Waals surface area contributed by atoms with Crippen LogP contribution in [0.3, 0.4) is 0 Å². The summed E-state index contributed by atoms with van der Waals surface area (Å²) < 4.78 is 118. The molecule has 40 nitrogen and oxygen atoms in total. The number of hydrogen-bond donors (Lipinski definition) is 10. The Labute approximate surface area is 842 Å². The smallest absolute Gasteiger partial charge is 0.308 e. The first kappa shape index (κ1) is 136. The summed E-state index contributed by atoms with van der Waals surface area (Å²) in [6.07, 6.45) is -6.13. The Kier molecular flexibility index (Phi) is 70.4. The van der Waals surface area contributed by atoms with Crippen LogP contribution in [0.2, 0.25) is 126 Å². The average Bonchev–Trinajstić information content (AvgIpc) is 1.01. The highest BCUT2D eigenvalue weighted by molar-refractivity contribution is 6.75. The van der Waals surface area contributed by atoms with Gasteiger partial charge in [-0.3, -0.25) is 47.9 Å². The standard InChI is InChI=1S/C90H182O40Si10/c1-72(82(102)122-35-23-45-132(13,63-92)112-3)54-74(84(104)124-37-25-47-134(15,65-94)114-5)56-76(86(106)126-39-27-49-136(17,67-96)116-7)58-78(88(108)128-41-29-51-138(19,69-98)118-9)60-80(90(110)130-43-31-53-140(21,71-100)120-11)61-79(89(109)129-42-30-52-139(20,70-99)119-10)59-77(87(107)127-40-28-50-137(18,68-97)117-8)57-75(85(105)125-38-26-48-135(16,66-95)115-6)55-73(83(103)123-36-24-46-133(14,64-93)113-4)32-33-81(101)121-34-22-44-131(12,62-91)111-2/h72-80,91-100H,22-71H2,1-21H3. The highest BCUT2D eigenvalue weighted by Crippen LogP contribution is 2.39. The van der Waals surface area contributed by atoms with E-state index in [1.807, 2.05) is 13.1 Å². The maximum atomic E-state index is 16.0. The molecule has 822 valence electrons. The molecule has 0 spiro atoms. The Morgan fingerprint density at radius 1 is 0.193 bits per heavy atom. The molecule has 19 atom stereocenters. The predicted molar refractivity (Wildman–Crippen MR) is 544 cm³/mol. The Balaban J connectivity index is 10.1. The van der Waals surface area contributed by atoms with E-state index in [1.165, 1.54) is 78.0 Å². The molecule has 50 heteroatoms. The fourth-order valence-corrected chi connectivity index (χ4v) is 29.2. The molecule has 0 aliphatic rings. The zero-order chi connectivity index (χ0) is 106. The molecule has 0 radical (unpaired) electrons. The summed E-state index contributed by atoms with van der Waals surface area (Å²) in [4.78, 5) is 153. The molecule has 0 fully saturated rings. The zero-order valence-electron chi connectivity index (χ0n) is 88.3. The summed E-state index contributed by atoms with van der Waals surface area (Å²) in [5, 5.41) is 104. The van der Waals surface area contributed by atoms with Crippen LogP contribution in [-0.2, 0) is 140 Å². The van der Waals surface area contributed by atoms with Crippen molar-refractivity contribution in [1.82, 2.24) is 0 Å². The number of aliphatic hydroxyl groups is 10. The molecular weight excluding hydrogens is 2000 g/mol. The van der Waals surface area contributed by atoms with Gasteiger partial charge in [-0.2, -0.15) is 0 Å². The molecule has 140 heavy (non-hydrogen) atoms. The maximum absolute atomic E-state index is 16.0. The van der Waals surface area contributed by atoms with Gasteiger partial charge in [-0.05, 0) is 248 Å². The van der Waals surface area contributed by atoms with Crippen LogP contribution < -0.4 is 0 Å². The van der Waals surface area contributed by atoms with Crippen LogP contribution >= 0.6 is 0 Å². The molecular formula is C90H182O40Si10. The van der Waals surface area contributed by atoms with Crippen LogP contribution in [0.25, 0.3) is 0 Å². The topological polar surface area (TPSA) is 558 Å². The molecule has 0 aliphatic heterocycles. The van der Waals surface area contributed by atoms with E-state index in [1.54, 1.807) is 52.4 Å². The highest BCUT2D eigenvalue weighted by Gasteiger charge is 2.45. The third-order valence-corrected chi connectivity index (χ3v) is 58.3. The predicted octanol–water partition coefficient (Wildman–Crippen LogP) is 7.32. The Hall–Kier alpha value is -3.93. The van der Waals surface area contributed by atoms with Gasteiger partial charge >= 0.3 is 59.7 Å². The first-order valence-corrected chi connectivity index (χ1v) is 77.5. The van der Waals surface area contributed by atoms with Gasteiger partial charge in [-0.1, -0.05) is 6.92 Å². The number of esters is 10. The second-order valence-electron chi connectivity index (χ2n) is 39.8. The summed E-state index contributed by atoms with van der Waals surface area (Å²) in [5.74, 6) is -22.9. The lowest BCUT2D eigenvalue weighted by Gasteiger charge is -2.30. The van der Waals surface area contributed by atoms with Crippen molar-refractivity contribution in [3.63, 3.8) is 0 Å². The molecule has 0 rings (SSSR count). The second kappa shape index (κ2) is 72.4. The van der Waals surface area contributed by atoms with E-state index < -0.39 is 247 Å². The molecule has 10 N–H and O–H groups in total. The Morgan fingerprint density at radius 2 is 0.321 bits per heavy atom. The fraction of sp³-hybridized carbons (Fsp3) is 0.889. The van der Waals surface area contributed by atoms with Crippen LogP contribution in [-0.4, -0.2) is 393 Å². The molecule has 0 bridgehead atoms. The first-order valence-electron chi connectivity index (χ1n) is 49.3. The largest absolute Gasteiger partial charge is 0.466 e. The molecule has 19 unspecified atom stereocenters. The third-order valence-electron chi connectivity index (χ3n) is 27.6. The third kappa shape index (κ3) is 54.3. The SMILES string of the molecule is CO[Si](C)(CO)CCCOC(=O)CCC(CC(CC(CC(CC(CC(CC(CC(CC(C)C(=O)OCCC[Si](C)(CO)OC)C(=O)OCCC[Si](C)(CO)OC)C(=O)OCCC[Si](C)(CO)OC)C(=O)OCCC[Si](C)(CO)OC)C(=O)OCCC[Si](C)(CO)OC)C(=O)OCCC[Si](C)(CO)OC)C(=O)OCCC[Si](C)(CO)OC)C(=O)OCCC[Si](C)(CO)OC)C(=O)OCCC[Si](C)(CO)OC. The number of carbonyl (C=O) groups excluding carboxylic acids is 10. The molecule has 0 heterocycles. The van der Waals surface area contributed by atoms with Crippen molar-refractivity contribution in [2.75, 3.05) is 199 Å². The van der Waals surface area contributed by atoms with E-state index in [-0.39, 0.29) is 217 Å². The molecule has 0 saturated carbocycles. The van der Waals surface area contributed by atoms with Crippen molar-refractivity contribution in [1.29, 1.82) is 0 Å². The molecule has 0 amide bonds. The van der Waals surface area contributed by atoms with Gasteiger partial charge in [0, 0.05) is 77.5 Å². The van der Waals surface area contributed by atoms with Crippen molar-refractivity contribution < 1.29 is 191 Å². The summed E-state index contributed by atoms with van der Waals surface area (Å²) in [7, 11) is -12.7. The van der Waals surface area contributed by atoms with E-state index >= 15 is 33.6 Å². The number of rotatable bonds is 88. The van der Waals surface area contributed by atoms with Gasteiger partial charge in [0.2, 0.25) is 83.2 Å². The summed E-state index contributed by atoms with van der Waals surface area (Å²) in [6, 6.07) is 3.16. The van der Waals surface area contributed by atoms with Crippen LogP contribution in [0.1, 0.15) is 135 Å². The van der Waals surface area contributed by atoms with Crippen molar-refractivity contribution in [3.05, 3.63) is 0 Å². The number of carbonyl (C=O) groups is 10. The van der Waals surface area contributed by atoms with Crippen LogP contribution in [0.15, 0.2) is 0 Å². The highest BCUT2D eigenvalue weighted by atomic mass is 28.4. The van der Waals surface area contributed by atoms with E-state index in [0.29, 0.717) is 49.1 Å². The summed E-state index contributed by atoms with van der Waals surface area (Å²) in [6.45, 7) is 16.9. The lowest BCUT2D eigenvalue weighted by Crippen LogP contribution is -2.39. The molecule has 0 aromatic rings. The van der Waals surface area contributed by atoms with Gasteiger partial charge in [0.15, 0.2) is 0 Å². The minimum atomic E-state index is -2.84. The lowest BCUT2D eigenvalue weighted by atomic mass is 9.77. The molecule has 0 saturated heterocycles. The summed E-state index contributed by atoms with van der Waals surface area (Å²) in [5.41, 5.74) is 0. The van der Waals surface area contributed by atoms with Crippen LogP contribution in [0, 0.1) is 53.3 Å². The van der Waals surface area contributed by atoms with Crippen molar-refractivity contribution in [3.8, 4) is 0 Å². The van der Waals surface area contributed by atoms with Gasteiger partial charge in [-0.15, -0.1) is 0 Å². The Bertz CT molecular complexity index is 3440. The minimum Gasteiger partial charge on any atom is -0.466 e. The lowest BCUT2D eigenvalue weighted by molar-refractivity contribution is -0.159. The normalized spacial score (nSPS) is 18.1.